The van der Waals surface area contributed by atoms with Crippen LogP contribution in [-0.4, -0.2) is 6.54 Å². The molecule has 1 heterocycles. The lowest BCUT2D eigenvalue weighted by molar-refractivity contribution is 0.602. The smallest absolute Gasteiger partial charge is 0.0673 e. The summed E-state index contributed by atoms with van der Waals surface area (Å²) in [6, 6.07) is 11.7. The normalized spacial score (nSPS) is 12.8. The van der Waals surface area contributed by atoms with Gasteiger partial charge in [0, 0.05) is 4.88 Å². The second-order valence-electron chi connectivity index (χ2n) is 5.87. The third kappa shape index (κ3) is 3.96. The van der Waals surface area contributed by atoms with Crippen molar-refractivity contribution in [2.75, 3.05) is 6.54 Å². The number of hydrogen-bond acceptors (Lipinski definition) is 2. The van der Waals surface area contributed by atoms with Crippen molar-refractivity contribution in [2.24, 2.45) is 0 Å². The molecule has 1 unspecified atom stereocenters. The Labute approximate surface area is 133 Å². The monoisotopic (exact) mass is 301 g/mol. The molecule has 114 valence electrons. The molecule has 2 rings (SSSR count). The van der Waals surface area contributed by atoms with Crippen molar-refractivity contribution >= 4 is 11.3 Å². The van der Waals surface area contributed by atoms with E-state index >= 15 is 0 Å². The summed E-state index contributed by atoms with van der Waals surface area (Å²) in [6.07, 6.45) is 2.26. The molecule has 2 aromatic rings. The zero-order valence-electron chi connectivity index (χ0n) is 13.6. The van der Waals surface area contributed by atoms with Gasteiger partial charge in [-0.25, -0.2) is 0 Å². The van der Waals surface area contributed by atoms with Crippen LogP contribution in [0.4, 0.5) is 0 Å². The van der Waals surface area contributed by atoms with Crippen LogP contribution in [0.5, 0.6) is 0 Å². The van der Waals surface area contributed by atoms with Crippen molar-refractivity contribution in [3.63, 3.8) is 0 Å². The Morgan fingerprint density at radius 1 is 1.00 bits per heavy atom. The van der Waals surface area contributed by atoms with Crippen LogP contribution in [0.25, 0.3) is 0 Å². The van der Waals surface area contributed by atoms with Gasteiger partial charge < -0.3 is 5.32 Å². The molecular weight excluding hydrogens is 274 g/mol. The molecule has 0 fully saturated rings. The maximum absolute atomic E-state index is 3.72. The average molecular weight is 301 g/mol. The van der Waals surface area contributed by atoms with E-state index in [1.807, 2.05) is 11.3 Å². The number of benzene rings is 1. The standard InChI is InChI=1S/C19H27NS/c1-5-12-20-18(19-15(6-2)11-13-21-19)17-9-7-16(8-10-17)14(3)4/h7-11,13-14,18,20H,5-6,12H2,1-4H3. The molecule has 1 nitrogen and oxygen atoms in total. The molecule has 0 bridgehead atoms. The molecule has 1 aromatic carbocycles. The van der Waals surface area contributed by atoms with Crippen LogP contribution in [-0.2, 0) is 6.42 Å². The van der Waals surface area contributed by atoms with Crippen LogP contribution in [0.3, 0.4) is 0 Å². The van der Waals surface area contributed by atoms with Crippen molar-refractivity contribution in [3.05, 3.63) is 57.3 Å². The molecule has 0 aliphatic carbocycles. The lowest BCUT2D eigenvalue weighted by Crippen LogP contribution is -2.23. The Morgan fingerprint density at radius 3 is 2.24 bits per heavy atom. The van der Waals surface area contributed by atoms with E-state index in [0.717, 1.165) is 19.4 Å². The predicted molar refractivity (Wildman–Crippen MR) is 94.4 cm³/mol. The maximum atomic E-state index is 3.72. The van der Waals surface area contributed by atoms with E-state index in [-0.39, 0.29) is 0 Å². The van der Waals surface area contributed by atoms with E-state index in [0.29, 0.717) is 12.0 Å². The Balaban J connectivity index is 2.31. The van der Waals surface area contributed by atoms with Gasteiger partial charge in [-0.3, -0.25) is 0 Å². The fourth-order valence-corrected chi connectivity index (χ4v) is 3.71. The summed E-state index contributed by atoms with van der Waals surface area (Å²) >= 11 is 1.88. The van der Waals surface area contributed by atoms with Gasteiger partial charge in [0.25, 0.3) is 0 Å². The van der Waals surface area contributed by atoms with Crippen LogP contribution in [0, 0.1) is 0 Å². The molecule has 2 heteroatoms. The van der Waals surface area contributed by atoms with Gasteiger partial charge in [0.1, 0.15) is 0 Å². The quantitative estimate of drug-likeness (QED) is 0.709. The Bertz CT molecular complexity index is 539. The van der Waals surface area contributed by atoms with Gasteiger partial charge >= 0.3 is 0 Å². The van der Waals surface area contributed by atoms with Gasteiger partial charge in [-0.15, -0.1) is 11.3 Å². The van der Waals surface area contributed by atoms with Crippen molar-refractivity contribution in [2.45, 2.75) is 52.5 Å². The van der Waals surface area contributed by atoms with Gasteiger partial charge in [0.2, 0.25) is 0 Å². The fourth-order valence-electron chi connectivity index (χ4n) is 2.62. The summed E-state index contributed by atoms with van der Waals surface area (Å²) in [6.45, 7) is 10.0. The maximum Gasteiger partial charge on any atom is 0.0673 e. The molecule has 0 saturated carbocycles. The number of aryl methyl sites for hydroxylation is 1. The summed E-state index contributed by atoms with van der Waals surface area (Å²) in [4.78, 5) is 1.48. The van der Waals surface area contributed by atoms with Gasteiger partial charge in [0.05, 0.1) is 6.04 Å². The van der Waals surface area contributed by atoms with Gasteiger partial charge in [0.15, 0.2) is 0 Å². The molecule has 0 aliphatic heterocycles. The Kier molecular flexibility index (Phi) is 6.01. The molecule has 1 N–H and O–H groups in total. The van der Waals surface area contributed by atoms with Crippen molar-refractivity contribution in [1.29, 1.82) is 0 Å². The third-order valence-corrected chi connectivity index (χ3v) is 4.98. The SMILES string of the molecule is CCCNC(c1ccc(C(C)C)cc1)c1sccc1CC. The Hall–Kier alpha value is -1.12. The first-order valence-electron chi connectivity index (χ1n) is 8.06. The average Bonchev–Trinajstić information content (AvgIpc) is 2.96. The van der Waals surface area contributed by atoms with E-state index in [9.17, 15) is 0 Å². The minimum atomic E-state index is 0.334. The predicted octanol–water partition coefficient (Wildman–Crippen LogP) is 5.52. The molecule has 0 spiro atoms. The van der Waals surface area contributed by atoms with E-state index in [1.165, 1.54) is 21.6 Å². The third-order valence-electron chi connectivity index (χ3n) is 3.96. The van der Waals surface area contributed by atoms with Crippen LogP contribution < -0.4 is 5.32 Å². The fraction of sp³-hybridized carbons (Fsp3) is 0.474. The molecule has 1 aromatic heterocycles. The summed E-state index contributed by atoms with van der Waals surface area (Å²) < 4.78 is 0. The molecule has 0 aliphatic rings. The summed E-state index contributed by atoms with van der Waals surface area (Å²) in [5.74, 6) is 0.592. The van der Waals surface area contributed by atoms with E-state index in [4.69, 9.17) is 0 Å². The van der Waals surface area contributed by atoms with Crippen LogP contribution in [0.1, 0.15) is 67.6 Å². The zero-order valence-corrected chi connectivity index (χ0v) is 14.5. The van der Waals surface area contributed by atoms with Crippen molar-refractivity contribution in [1.82, 2.24) is 5.32 Å². The molecule has 1 atom stereocenters. The van der Waals surface area contributed by atoms with E-state index in [2.05, 4.69) is 68.7 Å². The molecule has 0 amide bonds. The molecule has 0 radical (unpaired) electrons. The van der Waals surface area contributed by atoms with Gasteiger partial charge in [-0.1, -0.05) is 52.0 Å². The molecule has 0 saturated heterocycles. The van der Waals surface area contributed by atoms with Crippen molar-refractivity contribution < 1.29 is 0 Å². The Morgan fingerprint density at radius 2 is 1.67 bits per heavy atom. The highest BCUT2D eigenvalue weighted by molar-refractivity contribution is 7.10. The second-order valence-corrected chi connectivity index (χ2v) is 6.82. The van der Waals surface area contributed by atoms with Gasteiger partial charge in [-0.2, -0.15) is 0 Å². The van der Waals surface area contributed by atoms with Crippen LogP contribution >= 0.6 is 11.3 Å². The summed E-state index contributed by atoms with van der Waals surface area (Å²) in [5.41, 5.74) is 4.27. The minimum absolute atomic E-state index is 0.334. The van der Waals surface area contributed by atoms with E-state index in [1.54, 1.807) is 0 Å². The van der Waals surface area contributed by atoms with Crippen LogP contribution in [0.15, 0.2) is 35.7 Å². The highest BCUT2D eigenvalue weighted by Gasteiger charge is 2.17. The minimum Gasteiger partial charge on any atom is -0.306 e. The number of nitrogens with one attached hydrogen (secondary N) is 1. The first-order chi connectivity index (χ1) is 10.2. The van der Waals surface area contributed by atoms with E-state index < -0.39 is 0 Å². The highest BCUT2D eigenvalue weighted by Crippen LogP contribution is 2.31. The van der Waals surface area contributed by atoms with Crippen LogP contribution in [0.2, 0.25) is 0 Å². The van der Waals surface area contributed by atoms with Gasteiger partial charge in [-0.05, 0) is 53.4 Å². The second kappa shape index (κ2) is 7.77. The number of hydrogen-bond donors (Lipinski definition) is 1. The number of thiophene rings is 1. The zero-order chi connectivity index (χ0) is 15.2. The first-order valence-corrected chi connectivity index (χ1v) is 8.94. The topological polar surface area (TPSA) is 12.0 Å². The molecule has 21 heavy (non-hydrogen) atoms. The lowest BCUT2D eigenvalue weighted by Gasteiger charge is -2.20. The number of rotatable bonds is 7. The summed E-state index contributed by atoms with van der Waals surface area (Å²) in [7, 11) is 0. The first kappa shape index (κ1) is 16.3. The highest BCUT2D eigenvalue weighted by atomic mass is 32.1. The molecular formula is C19H27NS. The van der Waals surface area contributed by atoms with Crippen molar-refractivity contribution in [3.8, 4) is 0 Å². The largest absolute Gasteiger partial charge is 0.306 e. The lowest BCUT2D eigenvalue weighted by atomic mass is 9.97. The summed E-state index contributed by atoms with van der Waals surface area (Å²) in [5, 5.41) is 5.94.